The zero-order chi connectivity index (χ0) is 9.14. The molecule has 1 atom stereocenters. The number of methoxy groups -OCH3 is 1. The predicted molar refractivity (Wildman–Crippen MR) is 46.8 cm³/mol. The molecule has 0 aliphatic carbocycles. The number of hydrogen-bond acceptors (Lipinski definition) is 2. The minimum absolute atomic E-state index is 0.112. The molecule has 12 heavy (non-hydrogen) atoms. The van der Waals surface area contributed by atoms with Crippen molar-refractivity contribution in [3.8, 4) is 0 Å². The molecule has 0 spiro atoms. The van der Waals surface area contributed by atoms with Crippen LogP contribution in [0.25, 0.3) is 0 Å². The molecule has 0 aromatic heterocycles. The standard InChI is InChI=1S/C9H17NO2/c1-7(2)9(11)10-5-4-8(6-10)12-3/h7-8H,4-6H2,1-3H3/t8-/m0/s1. The van der Waals surface area contributed by atoms with E-state index in [1.54, 1.807) is 7.11 Å². The Labute approximate surface area is 73.7 Å². The monoisotopic (exact) mass is 171 g/mol. The summed E-state index contributed by atoms with van der Waals surface area (Å²) in [4.78, 5) is 13.4. The van der Waals surface area contributed by atoms with Crippen molar-refractivity contribution in [3.63, 3.8) is 0 Å². The van der Waals surface area contributed by atoms with E-state index in [0.29, 0.717) is 0 Å². The number of nitrogens with zero attached hydrogens (tertiary/aromatic N) is 1. The maximum absolute atomic E-state index is 11.5. The van der Waals surface area contributed by atoms with Crippen molar-refractivity contribution in [2.24, 2.45) is 5.92 Å². The van der Waals surface area contributed by atoms with Gasteiger partial charge < -0.3 is 9.64 Å². The first-order valence-electron chi connectivity index (χ1n) is 4.46. The molecule has 1 saturated heterocycles. The quantitative estimate of drug-likeness (QED) is 0.617. The third-order valence-electron chi connectivity index (χ3n) is 2.28. The van der Waals surface area contributed by atoms with Crippen LogP contribution in [-0.4, -0.2) is 37.1 Å². The Balaban J connectivity index is 2.41. The second-order valence-electron chi connectivity index (χ2n) is 3.59. The van der Waals surface area contributed by atoms with Crippen LogP contribution in [0.4, 0.5) is 0 Å². The van der Waals surface area contributed by atoms with Gasteiger partial charge in [0, 0.05) is 26.1 Å². The summed E-state index contributed by atoms with van der Waals surface area (Å²) in [6.07, 6.45) is 1.24. The largest absolute Gasteiger partial charge is 0.380 e. The highest BCUT2D eigenvalue weighted by Crippen LogP contribution is 2.14. The zero-order valence-electron chi connectivity index (χ0n) is 8.04. The highest BCUT2D eigenvalue weighted by Gasteiger charge is 2.26. The molecule has 1 heterocycles. The van der Waals surface area contributed by atoms with Crippen LogP contribution < -0.4 is 0 Å². The number of rotatable bonds is 2. The predicted octanol–water partition coefficient (Wildman–Crippen LogP) is 0.890. The van der Waals surface area contributed by atoms with Gasteiger partial charge in [0.15, 0.2) is 0 Å². The third-order valence-corrected chi connectivity index (χ3v) is 2.28. The molecule has 0 aromatic carbocycles. The van der Waals surface area contributed by atoms with Crippen LogP contribution in [-0.2, 0) is 9.53 Å². The van der Waals surface area contributed by atoms with E-state index in [4.69, 9.17) is 4.74 Å². The van der Waals surface area contributed by atoms with E-state index in [9.17, 15) is 4.79 Å². The van der Waals surface area contributed by atoms with E-state index in [1.807, 2.05) is 18.7 Å². The highest BCUT2D eigenvalue weighted by atomic mass is 16.5. The Kier molecular flexibility index (Phi) is 3.09. The number of carbonyl (C=O) groups is 1. The van der Waals surface area contributed by atoms with Crippen molar-refractivity contribution in [1.29, 1.82) is 0 Å². The highest BCUT2D eigenvalue weighted by molar-refractivity contribution is 5.78. The molecule has 1 amide bonds. The van der Waals surface area contributed by atoms with Crippen LogP contribution in [0, 0.1) is 5.92 Å². The van der Waals surface area contributed by atoms with Gasteiger partial charge in [0.05, 0.1) is 6.10 Å². The summed E-state index contributed by atoms with van der Waals surface area (Å²) in [7, 11) is 1.70. The van der Waals surface area contributed by atoms with Crippen LogP contribution >= 0.6 is 0 Å². The maximum atomic E-state index is 11.5. The van der Waals surface area contributed by atoms with Crippen molar-refractivity contribution in [2.75, 3.05) is 20.2 Å². The Morgan fingerprint density at radius 1 is 1.58 bits per heavy atom. The van der Waals surface area contributed by atoms with Gasteiger partial charge in [-0.05, 0) is 6.42 Å². The summed E-state index contributed by atoms with van der Waals surface area (Å²) in [5.74, 6) is 0.357. The van der Waals surface area contributed by atoms with Crippen LogP contribution in [0.3, 0.4) is 0 Å². The molecule has 0 radical (unpaired) electrons. The van der Waals surface area contributed by atoms with Gasteiger partial charge in [-0.25, -0.2) is 0 Å². The molecule has 3 heteroatoms. The molecule has 1 aliphatic heterocycles. The summed E-state index contributed by atoms with van der Waals surface area (Å²) in [5, 5.41) is 0. The Morgan fingerprint density at radius 3 is 2.67 bits per heavy atom. The van der Waals surface area contributed by atoms with Gasteiger partial charge in [0.1, 0.15) is 0 Å². The molecular formula is C9H17NO2. The van der Waals surface area contributed by atoms with Crippen LogP contribution in [0.5, 0.6) is 0 Å². The smallest absolute Gasteiger partial charge is 0.225 e. The van der Waals surface area contributed by atoms with Gasteiger partial charge in [-0.2, -0.15) is 0 Å². The van der Waals surface area contributed by atoms with Crippen molar-refractivity contribution in [1.82, 2.24) is 4.90 Å². The van der Waals surface area contributed by atoms with Crippen molar-refractivity contribution in [2.45, 2.75) is 26.4 Å². The third kappa shape index (κ3) is 1.97. The summed E-state index contributed by atoms with van der Waals surface area (Å²) < 4.78 is 5.18. The van der Waals surface area contributed by atoms with Crippen molar-refractivity contribution < 1.29 is 9.53 Å². The fraction of sp³-hybridized carbons (Fsp3) is 0.889. The van der Waals surface area contributed by atoms with E-state index in [1.165, 1.54) is 0 Å². The average molecular weight is 171 g/mol. The number of likely N-dealkylation sites (tertiary alicyclic amines) is 1. The molecule has 0 aromatic rings. The van der Waals surface area contributed by atoms with E-state index >= 15 is 0 Å². The minimum Gasteiger partial charge on any atom is -0.380 e. The van der Waals surface area contributed by atoms with Gasteiger partial charge in [0.25, 0.3) is 0 Å². The second kappa shape index (κ2) is 3.90. The molecule has 0 bridgehead atoms. The summed E-state index contributed by atoms with van der Waals surface area (Å²) in [6, 6.07) is 0. The molecule has 1 aliphatic rings. The topological polar surface area (TPSA) is 29.5 Å². The Hall–Kier alpha value is -0.570. The molecule has 0 saturated carbocycles. The number of hydrogen-bond donors (Lipinski definition) is 0. The molecular weight excluding hydrogens is 154 g/mol. The fourth-order valence-corrected chi connectivity index (χ4v) is 1.49. The summed E-state index contributed by atoms with van der Waals surface area (Å²) >= 11 is 0. The summed E-state index contributed by atoms with van der Waals surface area (Å²) in [6.45, 7) is 5.49. The SMILES string of the molecule is CO[C@H]1CCN(C(=O)C(C)C)C1. The fourth-order valence-electron chi connectivity index (χ4n) is 1.49. The van der Waals surface area contributed by atoms with Gasteiger partial charge in [-0.15, -0.1) is 0 Å². The van der Waals surface area contributed by atoms with Crippen molar-refractivity contribution in [3.05, 3.63) is 0 Å². The van der Waals surface area contributed by atoms with Gasteiger partial charge in [-0.3, -0.25) is 4.79 Å². The molecule has 3 nitrogen and oxygen atoms in total. The van der Waals surface area contributed by atoms with Crippen LogP contribution in [0.2, 0.25) is 0 Å². The first-order valence-corrected chi connectivity index (χ1v) is 4.46. The number of ether oxygens (including phenoxy) is 1. The lowest BCUT2D eigenvalue weighted by Gasteiger charge is -2.18. The summed E-state index contributed by atoms with van der Waals surface area (Å²) in [5.41, 5.74) is 0. The van der Waals surface area contributed by atoms with E-state index in [2.05, 4.69) is 0 Å². The van der Waals surface area contributed by atoms with Gasteiger partial charge in [-0.1, -0.05) is 13.8 Å². The first kappa shape index (κ1) is 9.52. The van der Waals surface area contributed by atoms with Crippen molar-refractivity contribution >= 4 is 5.91 Å². The maximum Gasteiger partial charge on any atom is 0.225 e. The van der Waals surface area contributed by atoms with Gasteiger partial charge in [0.2, 0.25) is 5.91 Å². The lowest BCUT2D eigenvalue weighted by atomic mass is 10.2. The molecule has 70 valence electrons. The first-order chi connectivity index (χ1) is 5.65. The normalized spacial score (nSPS) is 23.7. The molecule has 0 unspecified atom stereocenters. The minimum atomic E-state index is 0.112. The number of amides is 1. The van der Waals surface area contributed by atoms with Crippen LogP contribution in [0.15, 0.2) is 0 Å². The molecule has 1 fully saturated rings. The lowest BCUT2D eigenvalue weighted by Crippen LogP contribution is -2.33. The zero-order valence-corrected chi connectivity index (χ0v) is 8.04. The molecule has 1 rings (SSSR count). The van der Waals surface area contributed by atoms with E-state index in [0.717, 1.165) is 19.5 Å². The Morgan fingerprint density at radius 2 is 2.25 bits per heavy atom. The van der Waals surface area contributed by atoms with Crippen LogP contribution in [0.1, 0.15) is 20.3 Å². The average Bonchev–Trinajstić information content (AvgIpc) is 2.50. The molecule has 0 N–H and O–H groups in total. The second-order valence-corrected chi connectivity index (χ2v) is 3.59. The van der Waals surface area contributed by atoms with E-state index < -0.39 is 0 Å². The van der Waals surface area contributed by atoms with Gasteiger partial charge >= 0.3 is 0 Å². The number of carbonyl (C=O) groups excluding carboxylic acids is 1. The lowest BCUT2D eigenvalue weighted by molar-refractivity contribution is -0.133. The Bertz CT molecular complexity index is 168. The van der Waals surface area contributed by atoms with E-state index in [-0.39, 0.29) is 17.9 Å².